The zero-order valence-electron chi connectivity index (χ0n) is 9.71. The van der Waals surface area contributed by atoms with Gasteiger partial charge in [0.15, 0.2) is 0 Å². The van der Waals surface area contributed by atoms with Gasteiger partial charge in [0, 0.05) is 10.2 Å². The maximum absolute atomic E-state index is 11.4. The minimum absolute atomic E-state index is 0.345. The van der Waals surface area contributed by atoms with Gasteiger partial charge in [-0.1, -0.05) is 29.8 Å². The maximum atomic E-state index is 11.4. The van der Waals surface area contributed by atoms with E-state index >= 15 is 0 Å². The van der Waals surface area contributed by atoms with Crippen LogP contribution in [0.15, 0.2) is 22.7 Å². The van der Waals surface area contributed by atoms with E-state index in [1.54, 1.807) is 0 Å². The fourth-order valence-electron chi connectivity index (χ4n) is 1.12. The second-order valence-corrected chi connectivity index (χ2v) is 4.94. The molecule has 16 heavy (non-hydrogen) atoms. The first-order chi connectivity index (χ1) is 7.49. The summed E-state index contributed by atoms with van der Waals surface area (Å²) < 4.78 is 6.04. The van der Waals surface area contributed by atoms with Crippen molar-refractivity contribution in [3.8, 4) is 0 Å². The van der Waals surface area contributed by atoms with Crippen LogP contribution in [0.5, 0.6) is 0 Å². The Bertz CT molecular complexity index is 377. The molecule has 1 amide bonds. The van der Waals surface area contributed by atoms with Gasteiger partial charge in [-0.15, -0.1) is 0 Å². The SMILES string of the molecule is Cc1cc(NC(=O)OCC(C)C)ccc1Br. The molecule has 0 heterocycles. The average Bonchev–Trinajstić information content (AvgIpc) is 2.21. The lowest BCUT2D eigenvalue weighted by Gasteiger charge is -2.09. The van der Waals surface area contributed by atoms with Gasteiger partial charge < -0.3 is 4.74 Å². The first-order valence-electron chi connectivity index (χ1n) is 5.19. The van der Waals surface area contributed by atoms with Crippen LogP contribution in [0.3, 0.4) is 0 Å². The molecule has 0 saturated heterocycles. The number of benzene rings is 1. The number of nitrogens with one attached hydrogen (secondary N) is 1. The second-order valence-electron chi connectivity index (χ2n) is 4.08. The molecule has 1 N–H and O–H groups in total. The molecular formula is C12H16BrNO2. The van der Waals surface area contributed by atoms with Crippen molar-refractivity contribution in [2.24, 2.45) is 5.92 Å². The Morgan fingerprint density at radius 2 is 2.19 bits per heavy atom. The number of halogens is 1. The number of carbonyl (C=O) groups excluding carboxylic acids is 1. The van der Waals surface area contributed by atoms with Crippen LogP contribution in [0.1, 0.15) is 19.4 Å². The number of carbonyl (C=O) groups is 1. The lowest BCUT2D eigenvalue weighted by Crippen LogP contribution is -2.16. The summed E-state index contributed by atoms with van der Waals surface area (Å²) in [6.45, 7) is 6.39. The van der Waals surface area contributed by atoms with Gasteiger partial charge in [0.1, 0.15) is 0 Å². The van der Waals surface area contributed by atoms with E-state index in [1.807, 2.05) is 39.0 Å². The molecule has 0 atom stereocenters. The lowest BCUT2D eigenvalue weighted by atomic mass is 10.2. The fraction of sp³-hybridized carbons (Fsp3) is 0.417. The Balaban J connectivity index is 2.53. The van der Waals surface area contributed by atoms with Crippen LogP contribution in [0.2, 0.25) is 0 Å². The van der Waals surface area contributed by atoms with Crippen LogP contribution in [0, 0.1) is 12.8 Å². The monoisotopic (exact) mass is 285 g/mol. The highest BCUT2D eigenvalue weighted by Gasteiger charge is 2.05. The largest absolute Gasteiger partial charge is 0.449 e. The van der Waals surface area contributed by atoms with E-state index in [-0.39, 0.29) is 0 Å². The number of hydrogen-bond acceptors (Lipinski definition) is 2. The van der Waals surface area contributed by atoms with Gasteiger partial charge in [-0.25, -0.2) is 4.79 Å². The van der Waals surface area contributed by atoms with Crippen molar-refractivity contribution in [1.82, 2.24) is 0 Å². The third kappa shape index (κ3) is 4.23. The Hall–Kier alpha value is -1.03. The van der Waals surface area contributed by atoms with Gasteiger partial charge in [-0.05, 0) is 36.6 Å². The molecule has 0 aromatic heterocycles. The Labute approximate surface area is 104 Å². The molecule has 3 nitrogen and oxygen atoms in total. The minimum atomic E-state index is -0.407. The Morgan fingerprint density at radius 3 is 2.75 bits per heavy atom. The number of ether oxygens (including phenoxy) is 1. The molecule has 0 unspecified atom stereocenters. The van der Waals surface area contributed by atoms with E-state index in [9.17, 15) is 4.79 Å². The molecule has 0 fully saturated rings. The molecule has 4 heteroatoms. The predicted molar refractivity (Wildman–Crippen MR) is 68.7 cm³/mol. The summed E-state index contributed by atoms with van der Waals surface area (Å²) in [5.74, 6) is 0.345. The van der Waals surface area contributed by atoms with E-state index in [0.717, 1.165) is 15.7 Å². The van der Waals surface area contributed by atoms with Crippen molar-refractivity contribution < 1.29 is 9.53 Å². The van der Waals surface area contributed by atoms with Crippen LogP contribution in [0.25, 0.3) is 0 Å². The molecule has 0 saturated carbocycles. The summed E-state index contributed by atoms with van der Waals surface area (Å²) in [4.78, 5) is 11.4. The molecule has 1 aromatic rings. The lowest BCUT2D eigenvalue weighted by molar-refractivity contribution is 0.147. The number of hydrogen-bond donors (Lipinski definition) is 1. The highest BCUT2D eigenvalue weighted by atomic mass is 79.9. The van der Waals surface area contributed by atoms with Crippen molar-refractivity contribution >= 4 is 27.7 Å². The van der Waals surface area contributed by atoms with E-state index in [1.165, 1.54) is 0 Å². The summed E-state index contributed by atoms with van der Waals surface area (Å²) in [6, 6.07) is 5.61. The van der Waals surface area contributed by atoms with Crippen molar-refractivity contribution in [2.45, 2.75) is 20.8 Å². The Kier molecular flexibility index (Phi) is 4.80. The van der Waals surface area contributed by atoms with E-state index in [4.69, 9.17) is 4.74 Å². The van der Waals surface area contributed by atoms with Crippen molar-refractivity contribution in [1.29, 1.82) is 0 Å². The molecule has 1 rings (SSSR count). The molecule has 0 radical (unpaired) electrons. The van der Waals surface area contributed by atoms with Gasteiger partial charge in [0.25, 0.3) is 0 Å². The molecular weight excluding hydrogens is 270 g/mol. The van der Waals surface area contributed by atoms with Gasteiger partial charge in [-0.3, -0.25) is 5.32 Å². The average molecular weight is 286 g/mol. The topological polar surface area (TPSA) is 38.3 Å². The summed E-state index contributed by atoms with van der Waals surface area (Å²) in [5, 5.41) is 2.68. The van der Waals surface area contributed by atoms with Crippen molar-refractivity contribution in [2.75, 3.05) is 11.9 Å². The van der Waals surface area contributed by atoms with E-state index < -0.39 is 6.09 Å². The molecule has 1 aromatic carbocycles. The number of amides is 1. The number of aryl methyl sites for hydroxylation is 1. The zero-order valence-corrected chi connectivity index (χ0v) is 11.3. The molecule has 0 aliphatic heterocycles. The summed E-state index contributed by atoms with van der Waals surface area (Å²) in [6.07, 6.45) is -0.407. The molecule has 88 valence electrons. The Morgan fingerprint density at radius 1 is 1.50 bits per heavy atom. The maximum Gasteiger partial charge on any atom is 0.411 e. The summed E-state index contributed by atoms with van der Waals surface area (Å²) in [7, 11) is 0. The van der Waals surface area contributed by atoms with Gasteiger partial charge in [0.05, 0.1) is 6.61 Å². The smallest absolute Gasteiger partial charge is 0.411 e. The molecule has 0 aliphatic rings. The van der Waals surface area contributed by atoms with Gasteiger partial charge in [0.2, 0.25) is 0 Å². The van der Waals surface area contributed by atoms with Crippen LogP contribution in [-0.4, -0.2) is 12.7 Å². The standard InChI is InChI=1S/C12H16BrNO2/c1-8(2)7-16-12(15)14-10-4-5-11(13)9(3)6-10/h4-6,8H,7H2,1-3H3,(H,14,15). The van der Waals surface area contributed by atoms with Crippen LogP contribution in [-0.2, 0) is 4.74 Å². The van der Waals surface area contributed by atoms with Crippen molar-refractivity contribution in [3.05, 3.63) is 28.2 Å². The molecule has 0 spiro atoms. The number of anilines is 1. The third-order valence-electron chi connectivity index (χ3n) is 1.95. The van der Waals surface area contributed by atoms with Crippen LogP contribution in [0.4, 0.5) is 10.5 Å². The predicted octanol–water partition coefficient (Wildman–Crippen LogP) is 3.96. The zero-order chi connectivity index (χ0) is 12.1. The molecule has 0 bridgehead atoms. The first kappa shape index (κ1) is 13.0. The third-order valence-corrected chi connectivity index (χ3v) is 2.84. The van der Waals surface area contributed by atoms with Gasteiger partial charge in [-0.2, -0.15) is 0 Å². The first-order valence-corrected chi connectivity index (χ1v) is 5.98. The van der Waals surface area contributed by atoms with E-state index in [2.05, 4.69) is 21.2 Å². The summed E-state index contributed by atoms with van der Waals surface area (Å²) in [5.41, 5.74) is 1.82. The molecule has 0 aliphatic carbocycles. The van der Waals surface area contributed by atoms with Gasteiger partial charge >= 0.3 is 6.09 Å². The number of rotatable bonds is 3. The van der Waals surface area contributed by atoms with Crippen LogP contribution < -0.4 is 5.32 Å². The quantitative estimate of drug-likeness (QED) is 0.913. The highest BCUT2D eigenvalue weighted by molar-refractivity contribution is 9.10. The summed E-state index contributed by atoms with van der Waals surface area (Å²) >= 11 is 3.40. The fourth-order valence-corrected chi connectivity index (χ4v) is 1.37. The van der Waals surface area contributed by atoms with Crippen molar-refractivity contribution in [3.63, 3.8) is 0 Å². The second kappa shape index (κ2) is 5.89. The highest BCUT2D eigenvalue weighted by Crippen LogP contribution is 2.20. The normalized spacial score (nSPS) is 10.3. The van der Waals surface area contributed by atoms with Crippen LogP contribution >= 0.6 is 15.9 Å². The minimum Gasteiger partial charge on any atom is -0.449 e. The van der Waals surface area contributed by atoms with E-state index in [0.29, 0.717) is 12.5 Å².